The number of hydrogen-bond donors (Lipinski definition) is 0. The van der Waals surface area contributed by atoms with Crippen molar-refractivity contribution < 1.29 is 28.4 Å². The molecule has 1 aliphatic heterocycles. The largest absolute Gasteiger partial charge is 0.487 e. The summed E-state index contributed by atoms with van der Waals surface area (Å²) in [4.78, 5) is 0. The molecule has 2 aromatic heterocycles. The maximum absolute atomic E-state index is 5.96. The van der Waals surface area contributed by atoms with Gasteiger partial charge in [0.25, 0.3) is 0 Å². The smallest absolute Gasteiger partial charge is 0.162 e. The van der Waals surface area contributed by atoms with Crippen molar-refractivity contribution in [1.82, 2.24) is 0 Å². The molecule has 168 valence electrons. The van der Waals surface area contributed by atoms with Gasteiger partial charge >= 0.3 is 0 Å². The summed E-state index contributed by atoms with van der Waals surface area (Å²) in [7, 11) is 0. The quantitative estimate of drug-likeness (QED) is 0.343. The highest BCUT2D eigenvalue weighted by atomic mass is 32.1. The van der Waals surface area contributed by atoms with E-state index in [0.29, 0.717) is 64.4 Å². The molecule has 0 saturated carbocycles. The SMILES string of the molecule is c1cc2cc3c(cc2s1)OCCOCCOc1cc2ccsc2cc1OCCOCCO3. The summed E-state index contributed by atoms with van der Waals surface area (Å²) in [6, 6.07) is 12.2. The molecule has 5 rings (SSSR count). The average molecular weight is 473 g/mol. The summed E-state index contributed by atoms with van der Waals surface area (Å²) in [6.45, 7) is 3.55. The zero-order valence-electron chi connectivity index (χ0n) is 17.5. The van der Waals surface area contributed by atoms with Crippen molar-refractivity contribution in [2.45, 2.75) is 0 Å². The van der Waals surface area contributed by atoms with Crippen LogP contribution in [0.1, 0.15) is 0 Å². The maximum Gasteiger partial charge on any atom is 0.162 e. The van der Waals surface area contributed by atoms with Crippen molar-refractivity contribution >= 4 is 42.8 Å². The number of fused-ring (bicyclic) bond motifs is 4. The van der Waals surface area contributed by atoms with E-state index in [4.69, 9.17) is 28.4 Å². The molecule has 4 aromatic rings. The molecule has 8 heteroatoms. The molecule has 0 radical (unpaired) electrons. The highest BCUT2D eigenvalue weighted by Gasteiger charge is 2.11. The zero-order chi connectivity index (χ0) is 21.6. The maximum atomic E-state index is 5.96. The monoisotopic (exact) mass is 472 g/mol. The minimum atomic E-state index is 0.429. The molecule has 0 aliphatic carbocycles. The summed E-state index contributed by atoms with van der Waals surface area (Å²) in [6.07, 6.45) is 0. The van der Waals surface area contributed by atoms with Crippen molar-refractivity contribution in [3.05, 3.63) is 47.2 Å². The van der Waals surface area contributed by atoms with Gasteiger partial charge in [0.05, 0.1) is 26.4 Å². The fourth-order valence-corrected chi connectivity index (χ4v) is 5.04. The van der Waals surface area contributed by atoms with E-state index in [9.17, 15) is 0 Å². The molecule has 0 spiro atoms. The third-order valence-electron chi connectivity index (χ3n) is 4.98. The first-order valence-electron chi connectivity index (χ1n) is 10.6. The van der Waals surface area contributed by atoms with Gasteiger partial charge in [-0.2, -0.15) is 0 Å². The highest BCUT2D eigenvalue weighted by Crippen LogP contribution is 2.36. The van der Waals surface area contributed by atoms with Gasteiger partial charge < -0.3 is 28.4 Å². The van der Waals surface area contributed by atoms with Crippen molar-refractivity contribution in [1.29, 1.82) is 0 Å². The Morgan fingerprint density at radius 3 is 1.25 bits per heavy atom. The number of ether oxygens (including phenoxy) is 6. The first-order chi connectivity index (χ1) is 15.9. The van der Waals surface area contributed by atoms with E-state index in [-0.39, 0.29) is 0 Å². The van der Waals surface area contributed by atoms with Crippen molar-refractivity contribution in [3.8, 4) is 23.0 Å². The van der Waals surface area contributed by atoms with E-state index in [1.807, 2.05) is 24.3 Å². The van der Waals surface area contributed by atoms with E-state index in [1.165, 1.54) is 0 Å². The normalized spacial score (nSPS) is 16.5. The van der Waals surface area contributed by atoms with Crippen LogP contribution in [0, 0.1) is 0 Å². The minimum Gasteiger partial charge on any atom is -0.487 e. The van der Waals surface area contributed by atoms with E-state index in [1.54, 1.807) is 22.7 Å². The number of benzene rings is 2. The molecule has 0 saturated heterocycles. The van der Waals surface area contributed by atoms with Gasteiger partial charge in [-0.1, -0.05) is 0 Å². The van der Waals surface area contributed by atoms with Gasteiger partial charge in [0.15, 0.2) is 23.0 Å². The Morgan fingerprint density at radius 2 is 0.844 bits per heavy atom. The predicted octanol–water partition coefficient (Wildman–Crippen LogP) is 5.38. The molecule has 0 atom stereocenters. The van der Waals surface area contributed by atoms with Crippen LogP contribution < -0.4 is 18.9 Å². The van der Waals surface area contributed by atoms with Gasteiger partial charge in [0, 0.05) is 21.5 Å². The third-order valence-corrected chi connectivity index (χ3v) is 6.74. The first-order valence-corrected chi connectivity index (χ1v) is 12.3. The predicted molar refractivity (Wildman–Crippen MR) is 127 cm³/mol. The van der Waals surface area contributed by atoms with E-state index >= 15 is 0 Å². The topological polar surface area (TPSA) is 55.4 Å². The van der Waals surface area contributed by atoms with Gasteiger partial charge in [-0.15, -0.1) is 22.7 Å². The second-order valence-electron chi connectivity index (χ2n) is 7.13. The van der Waals surface area contributed by atoms with Crippen LogP contribution in [0.5, 0.6) is 23.0 Å². The summed E-state index contributed by atoms with van der Waals surface area (Å²) < 4.78 is 37.6. The molecule has 0 amide bonds. The lowest BCUT2D eigenvalue weighted by Gasteiger charge is -2.16. The van der Waals surface area contributed by atoms with Crippen molar-refractivity contribution in [2.75, 3.05) is 52.9 Å². The van der Waals surface area contributed by atoms with Crippen LogP contribution in [-0.4, -0.2) is 52.9 Å². The van der Waals surface area contributed by atoms with Crippen LogP contribution in [0.15, 0.2) is 47.2 Å². The Hall–Kier alpha value is -2.52. The Bertz CT molecular complexity index is 992. The van der Waals surface area contributed by atoms with Crippen molar-refractivity contribution in [3.63, 3.8) is 0 Å². The second kappa shape index (κ2) is 10.4. The molecule has 0 bridgehead atoms. The Morgan fingerprint density at radius 1 is 0.469 bits per heavy atom. The average Bonchev–Trinajstić information content (AvgIpc) is 3.45. The molecule has 1 aliphatic rings. The second-order valence-corrected chi connectivity index (χ2v) is 9.03. The van der Waals surface area contributed by atoms with Crippen LogP contribution in [0.2, 0.25) is 0 Å². The minimum absolute atomic E-state index is 0.429. The Balaban J connectivity index is 1.26. The lowest BCUT2D eigenvalue weighted by atomic mass is 10.2. The van der Waals surface area contributed by atoms with Crippen LogP contribution in [0.4, 0.5) is 0 Å². The van der Waals surface area contributed by atoms with Gasteiger partial charge in [-0.05, 0) is 45.8 Å². The molecular weight excluding hydrogens is 448 g/mol. The van der Waals surface area contributed by atoms with Gasteiger partial charge in [0.2, 0.25) is 0 Å². The summed E-state index contributed by atoms with van der Waals surface area (Å²) in [5.74, 6) is 2.87. The fraction of sp³-hybridized carbons (Fsp3) is 0.333. The lowest BCUT2D eigenvalue weighted by Crippen LogP contribution is -2.15. The van der Waals surface area contributed by atoms with Crippen molar-refractivity contribution in [2.24, 2.45) is 0 Å². The molecule has 6 nitrogen and oxygen atoms in total. The molecule has 3 heterocycles. The standard InChI is InChI=1S/C24H24O6S2/c1-11-31-23-15-21-19(13-17(1)23)27-7-3-25-6-10-30-22-16-24-18(2-12-32-24)14-20(22)28-8-4-26-5-9-29-21/h1-2,11-16H,3-10H2. The first kappa shape index (κ1) is 21.3. The lowest BCUT2D eigenvalue weighted by molar-refractivity contribution is 0.0641. The zero-order valence-corrected chi connectivity index (χ0v) is 19.2. The highest BCUT2D eigenvalue weighted by molar-refractivity contribution is 7.17. The third kappa shape index (κ3) is 5.10. The van der Waals surface area contributed by atoms with E-state index in [2.05, 4.69) is 22.9 Å². The van der Waals surface area contributed by atoms with Crippen LogP contribution in [-0.2, 0) is 9.47 Å². The molecule has 0 fully saturated rings. The Labute approximate surface area is 194 Å². The molecule has 2 aromatic carbocycles. The van der Waals surface area contributed by atoms with Crippen LogP contribution >= 0.6 is 22.7 Å². The molecule has 0 unspecified atom stereocenters. The van der Waals surface area contributed by atoms with Gasteiger partial charge in [0.1, 0.15) is 26.4 Å². The van der Waals surface area contributed by atoms with Gasteiger partial charge in [-0.3, -0.25) is 0 Å². The number of hydrogen-bond acceptors (Lipinski definition) is 8. The van der Waals surface area contributed by atoms with E-state index < -0.39 is 0 Å². The van der Waals surface area contributed by atoms with Gasteiger partial charge in [-0.25, -0.2) is 0 Å². The molecular formula is C24H24O6S2. The van der Waals surface area contributed by atoms with E-state index in [0.717, 1.165) is 31.7 Å². The van der Waals surface area contributed by atoms with Crippen LogP contribution in [0.3, 0.4) is 0 Å². The Kier molecular flexibility index (Phi) is 6.93. The number of rotatable bonds is 0. The summed E-state index contributed by atoms with van der Waals surface area (Å²) in [5.41, 5.74) is 0. The molecule has 0 N–H and O–H groups in total. The summed E-state index contributed by atoms with van der Waals surface area (Å²) >= 11 is 3.36. The molecule has 32 heavy (non-hydrogen) atoms. The van der Waals surface area contributed by atoms with Crippen LogP contribution in [0.25, 0.3) is 20.2 Å². The summed E-state index contributed by atoms with van der Waals surface area (Å²) in [5, 5.41) is 6.41. The fourth-order valence-electron chi connectivity index (χ4n) is 3.44. The number of thiophene rings is 2.